The number of nitrogens with one attached hydrogen (secondary N) is 1. The molecule has 5 aromatic rings. The summed E-state index contributed by atoms with van der Waals surface area (Å²) in [4.78, 5) is 16.9. The lowest BCUT2D eigenvalue weighted by molar-refractivity contribution is -0.137. The molecule has 2 aromatic carbocycles. The molecule has 0 spiro atoms. The number of hydrogen-bond donors (Lipinski definition) is 1. The van der Waals surface area contributed by atoms with Crippen LogP contribution in [-0.2, 0) is 13.2 Å². The van der Waals surface area contributed by atoms with Gasteiger partial charge in [-0.3, -0.25) is 14.0 Å². The highest BCUT2D eigenvalue weighted by Gasteiger charge is 2.32. The van der Waals surface area contributed by atoms with E-state index in [1.165, 1.54) is 18.5 Å². The number of amides is 1. The van der Waals surface area contributed by atoms with Gasteiger partial charge in [0.15, 0.2) is 5.65 Å². The Hall–Kier alpha value is -4.15. The van der Waals surface area contributed by atoms with Crippen LogP contribution in [0.1, 0.15) is 34.8 Å². The Labute approximate surface area is 203 Å². The van der Waals surface area contributed by atoms with Gasteiger partial charge in [-0.05, 0) is 61.2 Å². The van der Waals surface area contributed by atoms with Gasteiger partial charge in [-0.15, -0.1) is 0 Å². The molecule has 0 bridgehead atoms. The highest BCUT2D eigenvalue weighted by Crippen LogP contribution is 2.37. The maximum Gasteiger partial charge on any atom is 0.416 e. The van der Waals surface area contributed by atoms with Gasteiger partial charge in [0, 0.05) is 41.8 Å². The van der Waals surface area contributed by atoms with E-state index >= 15 is 0 Å². The van der Waals surface area contributed by atoms with Crippen molar-refractivity contribution in [2.24, 2.45) is 13.0 Å². The minimum atomic E-state index is -4.41. The van der Waals surface area contributed by atoms with Crippen molar-refractivity contribution in [3.63, 3.8) is 0 Å². The van der Waals surface area contributed by atoms with E-state index in [0.717, 1.165) is 41.3 Å². The van der Waals surface area contributed by atoms with Crippen LogP contribution >= 0.6 is 0 Å². The van der Waals surface area contributed by atoms with E-state index in [1.807, 2.05) is 27.6 Å². The summed E-state index contributed by atoms with van der Waals surface area (Å²) in [5, 5.41) is 13.3. The summed E-state index contributed by atoms with van der Waals surface area (Å²) < 4.78 is 44.5. The van der Waals surface area contributed by atoms with Gasteiger partial charge in [-0.1, -0.05) is 0 Å². The molecule has 0 radical (unpaired) electrons. The Morgan fingerprint density at radius 2 is 1.89 bits per heavy atom. The van der Waals surface area contributed by atoms with Gasteiger partial charge in [0.25, 0.3) is 5.91 Å². The molecule has 3 heterocycles. The molecule has 3 aromatic heterocycles. The molecular formula is C25H22F3N7O. The third kappa shape index (κ3) is 3.80. The smallest absolute Gasteiger partial charge is 0.352 e. The van der Waals surface area contributed by atoms with Crippen LogP contribution in [-0.4, -0.2) is 41.6 Å². The van der Waals surface area contributed by atoms with Gasteiger partial charge in [0.2, 0.25) is 0 Å². The summed E-state index contributed by atoms with van der Waals surface area (Å²) >= 11 is 0. The Balaban J connectivity index is 1.26. The molecule has 1 saturated carbocycles. The largest absolute Gasteiger partial charge is 0.416 e. The molecule has 0 saturated heterocycles. The topological polar surface area (TPSA) is 82.6 Å². The van der Waals surface area contributed by atoms with Crippen molar-refractivity contribution < 1.29 is 18.0 Å². The number of carbonyl (C=O) groups excluding carboxylic acids is 1. The average molecular weight is 493 g/mol. The fourth-order valence-corrected chi connectivity index (χ4v) is 4.92. The molecule has 0 unspecified atom stereocenters. The van der Waals surface area contributed by atoms with E-state index in [9.17, 15) is 18.0 Å². The zero-order valence-corrected chi connectivity index (χ0v) is 19.3. The quantitative estimate of drug-likeness (QED) is 0.391. The number of carbonyl (C=O) groups is 1. The second-order valence-corrected chi connectivity index (χ2v) is 9.23. The molecule has 0 atom stereocenters. The van der Waals surface area contributed by atoms with Crippen molar-refractivity contribution in [2.45, 2.75) is 25.1 Å². The average Bonchev–Trinajstić information content (AvgIpc) is 3.53. The van der Waals surface area contributed by atoms with E-state index in [-0.39, 0.29) is 5.91 Å². The van der Waals surface area contributed by atoms with Gasteiger partial charge < -0.3 is 5.32 Å². The van der Waals surface area contributed by atoms with E-state index in [0.29, 0.717) is 35.4 Å². The molecule has 11 heteroatoms. The predicted molar refractivity (Wildman–Crippen MR) is 127 cm³/mol. The Bertz CT molecular complexity index is 1560. The molecule has 1 aliphatic rings. The maximum absolute atomic E-state index is 13.0. The lowest BCUT2D eigenvalue weighted by atomic mass is 9.80. The molecule has 0 aliphatic heterocycles. The molecule has 8 nitrogen and oxygen atoms in total. The second kappa shape index (κ2) is 8.21. The summed E-state index contributed by atoms with van der Waals surface area (Å²) in [5.74, 6) is 0.220. The van der Waals surface area contributed by atoms with Crippen LogP contribution in [0.15, 0.2) is 61.3 Å². The first-order valence-electron chi connectivity index (χ1n) is 11.6. The fraction of sp³-hybridized carbons (Fsp3) is 0.280. The Morgan fingerprint density at radius 3 is 2.58 bits per heavy atom. The monoisotopic (exact) mass is 493 g/mol. The van der Waals surface area contributed by atoms with Crippen LogP contribution in [0.25, 0.3) is 27.6 Å². The third-order valence-electron chi connectivity index (χ3n) is 6.84. The van der Waals surface area contributed by atoms with Gasteiger partial charge in [0.1, 0.15) is 12.7 Å². The summed E-state index contributed by atoms with van der Waals surface area (Å²) in [6, 6.07) is 10.7. The van der Waals surface area contributed by atoms with Crippen molar-refractivity contribution >= 4 is 27.8 Å². The minimum Gasteiger partial charge on any atom is -0.352 e. The number of benzene rings is 2. The Kier molecular flexibility index (Phi) is 5.09. The third-order valence-corrected chi connectivity index (χ3v) is 6.84. The standard InChI is InChI=1S/C25H22F3N7O/c1-33-12-21-20-10-16(24(36)30-11-15-8-19(9-15)34-14-29-13-31-34)2-7-22(20)35(23(21)32-33)18-5-3-17(4-6-18)25(26,27)28/h2-7,10,12-15,19H,8-9,11H2,1H3,(H,30,36)/t15-,19-. The van der Waals surface area contributed by atoms with E-state index in [2.05, 4.69) is 20.5 Å². The van der Waals surface area contributed by atoms with Crippen molar-refractivity contribution in [3.05, 3.63) is 72.4 Å². The number of rotatable bonds is 5. The number of alkyl halides is 3. The normalized spacial score (nSPS) is 18.0. The summed E-state index contributed by atoms with van der Waals surface area (Å²) in [5.41, 5.74) is 1.74. The van der Waals surface area contributed by atoms with Crippen molar-refractivity contribution in [2.75, 3.05) is 6.54 Å². The highest BCUT2D eigenvalue weighted by molar-refractivity contribution is 6.10. The molecule has 1 aliphatic carbocycles. The zero-order chi connectivity index (χ0) is 25.0. The molecule has 36 heavy (non-hydrogen) atoms. The molecule has 6 rings (SSSR count). The van der Waals surface area contributed by atoms with Crippen LogP contribution in [0.4, 0.5) is 13.2 Å². The van der Waals surface area contributed by atoms with Crippen LogP contribution < -0.4 is 5.32 Å². The predicted octanol–water partition coefficient (Wildman–Crippen LogP) is 4.51. The van der Waals surface area contributed by atoms with Crippen LogP contribution in [0, 0.1) is 5.92 Å². The molecule has 1 amide bonds. The van der Waals surface area contributed by atoms with Gasteiger partial charge in [-0.2, -0.15) is 23.4 Å². The van der Waals surface area contributed by atoms with E-state index in [1.54, 1.807) is 24.1 Å². The lowest BCUT2D eigenvalue weighted by Gasteiger charge is -2.35. The van der Waals surface area contributed by atoms with Crippen molar-refractivity contribution in [1.29, 1.82) is 0 Å². The maximum atomic E-state index is 13.0. The van der Waals surface area contributed by atoms with Gasteiger partial charge >= 0.3 is 6.18 Å². The number of nitrogens with zero attached hydrogens (tertiary/aromatic N) is 6. The number of aromatic nitrogens is 6. The van der Waals surface area contributed by atoms with Crippen LogP contribution in [0.2, 0.25) is 0 Å². The number of halogens is 3. The number of fused-ring (bicyclic) bond motifs is 3. The second-order valence-electron chi connectivity index (χ2n) is 9.23. The molecule has 1 fully saturated rings. The first-order chi connectivity index (χ1) is 17.3. The lowest BCUT2D eigenvalue weighted by Crippen LogP contribution is -2.37. The van der Waals surface area contributed by atoms with Crippen LogP contribution in [0.3, 0.4) is 0 Å². The van der Waals surface area contributed by atoms with Gasteiger partial charge in [0.05, 0.1) is 17.1 Å². The summed E-state index contributed by atoms with van der Waals surface area (Å²) in [7, 11) is 1.78. The zero-order valence-electron chi connectivity index (χ0n) is 19.3. The fourth-order valence-electron chi connectivity index (χ4n) is 4.92. The van der Waals surface area contributed by atoms with E-state index in [4.69, 9.17) is 0 Å². The first kappa shape index (κ1) is 22.3. The molecule has 184 valence electrons. The number of hydrogen-bond acceptors (Lipinski definition) is 4. The summed E-state index contributed by atoms with van der Waals surface area (Å²) in [6.07, 6.45) is 2.55. The molecule has 1 N–H and O–H groups in total. The van der Waals surface area contributed by atoms with Crippen molar-refractivity contribution in [3.8, 4) is 5.69 Å². The number of aryl methyl sites for hydroxylation is 1. The highest BCUT2D eigenvalue weighted by atomic mass is 19.4. The first-order valence-corrected chi connectivity index (χ1v) is 11.6. The molecular weight excluding hydrogens is 471 g/mol. The van der Waals surface area contributed by atoms with Gasteiger partial charge in [-0.25, -0.2) is 9.67 Å². The Morgan fingerprint density at radius 1 is 1.11 bits per heavy atom. The minimum absolute atomic E-state index is 0.166. The SMILES string of the molecule is Cn1cc2c3cc(C(=O)NC[C@H]4C[C@H](n5cncn5)C4)ccc3n(-c3ccc(C(F)(F)F)cc3)c2n1. The van der Waals surface area contributed by atoms with Crippen molar-refractivity contribution in [1.82, 2.24) is 34.4 Å². The summed E-state index contributed by atoms with van der Waals surface area (Å²) in [6.45, 7) is 0.580. The van der Waals surface area contributed by atoms with Crippen LogP contribution in [0.5, 0.6) is 0 Å². The van der Waals surface area contributed by atoms with E-state index < -0.39 is 11.7 Å².